The largest absolute Gasteiger partial charge is 0.480 e. The van der Waals surface area contributed by atoms with Gasteiger partial charge in [-0.3, -0.25) is 4.90 Å². The van der Waals surface area contributed by atoms with Gasteiger partial charge in [0.15, 0.2) is 0 Å². The number of carbonyl (C=O) groups excluding carboxylic acids is 1. The van der Waals surface area contributed by atoms with E-state index in [4.69, 9.17) is 27.9 Å². The molecule has 0 bridgehead atoms. The molecule has 0 fully saturated rings. The van der Waals surface area contributed by atoms with E-state index in [9.17, 15) is 14.7 Å². The molecule has 0 unspecified atom stereocenters. The van der Waals surface area contributed by atoms with Gasteiger partial charge in [-0.1, -0.05) is 71.7 Å². The number of halogens is 2. The molecule has 3 aromatic carbocycles. The number of amides is 1. The Morgan fingerprint density at radius 2 is 1.50 bits per heavy atom. The fraction of sp³-hybridized carbons (Fsp3) is 0.200. The Morgan fingerprint density at radius 3 is 2.03 bits per heavy atom. The smallest absolute Gasteiger partial charge is 0.410 e. The van der Waals surface area contributed by atoms with Crippen LogP contribution < -0.4 is 0 Å². The molecule has 3 aromatic rings. The molecular weight excluding hydrogens is 449 g/mol. The molecule has 0 heterocycles. The molecular formula is C25H21Cl2NO4. The van der Waals surface area contributed by atoms with Gasteiger partial charge < -0.3 is 9.84 Å². The summed E-state index contributed by atoms with van der Waals surface area (Å²) in [4.78, 5) is 25.8. The molecule has 0 saturated heterocycles. The van der Waals surface area contributed by atoms with E-state index in [1.165, 1.54) is 7.05 Å². The van der Waals surface area contributed by atoms with Crippen LogP contribution in [0.2, 0.25) is 10.0 Å². The maximum atomic E-state index is 12.8. The summed E-state index contributed by atoms with van der Waals surface area (Å²) in [7, 11) is 1.42. The Balaban J connectivity index is 1.49. The van der Waals surface area contributed by atoms with Gasteiger partial charge in [-0.25, -0.2) is 9.59 Å². The van der Waals surface area contributed by atoms with Crippen molar-refractivity contribution in [3.63, 3.8) is 0 Å². The molecule has 1 aliphatic carbocycles. The summed E-state index contributed by atoms with van der Waals surface area (Å²) in [5.74, 6) is -1.24. The highest BCUT2D eigenvalue weighted by molar-refractivity contribution is 6.34. The first kappa shape index (κ1) is 22.2. The number of carboxylic acids is 1. The number of rotatable bonds is 6. The van der Waals surface area contributed by atoms with Gasteiger partial charge in [0.2, 0.25) is 0 Å². The van der Waals surface area contributed by atoms with Gasteiger partial charge in [0.05, 0.1) is 0 Å². The molecule has 5 nitrogen and oxygen atoms in total. The van der Waals surface area contributed by atoms with Gasteiger partial charge in [0.1, 0.15) is 12.6 Å². The molecule has 1 amide bonds. The number of likely N-dealkylation sites (N-methyl/N-ethyl adjacent to an activating group) is 1. The third-order valence-corrected chi connectivity index (χ3v) is 6.16. The van der Waals surface area contributed by atoms with Gasteiger partial charge in [-0.2, -0.15) is 0 Å². The number of hydrogen-bond acceptors (Lipinski definition) is 3. The maximum Gasteiger partial charge on any atom is 0.410 e. The van der Waals surface area contributed by atoms with Crippen LogP contribution in [0.25, 0.3) is 11.1 Å². The SMILES string of the molecule is CN(C(=O)OCC1c2ccccc2-c2ccccc21)[C@@H](Cc1cc(Cl)cc(Cl)c1)C(=O)O. The van der Waals surface area contributed by atoms with E-state index >= 15 is 0 Å². The number of hydrogen-bond donors (Lipinski definition) is 1. The first-order valence-corrected chi connectivity index (χ1v) is 10.9. The second kappa shape index (κ2) is 9.23. The van der Waals surface area contributed by atoms with Crippen molar-refractivity contribution in [2.24, 2.45) is 0 Å². The lowest BCUT2D eigenvalue weighted by molar-refractivity contribution is -0.142. The van der Waals surface area contributed by atoms with Crippen molar-refractivity contribution in [3.8, 4) is 11.1 Å². The molecule has 0 aromatic heterocycles. The predicted molar refractivity (Wildman–Crippen MR) is 124 cm³/mol. The average Bonchev–Trinajstić information content (AvgIpc) is 3.08. The first-order valence-electron chi connectivity index (χ1n) is 10.1. The van der Waals surface area contributed by atoms with Crippen LogP contribution >= 0.6 is 23.2 Å². The van der Waals surface area contributed by atoms with Crippen molar-refractivity contribution >= 4 is 35.3 Å². The number of nitrogens with zero attached hydrogens (tertiary/aromatic N) is 1. The molecule has 32 heavy (non-hydrogen) atoms. The third kappa shape index (κ3) is 4.45. The second-order valence-electron chi connectivity index (χ2n) is 7.75. The lowest BCUT2D eigenvalue weighted by atomic mass is 9.98. The summed E-state index contributed by atoms with van der Waals surface area (Å²) in [5.41, 5.74) is 5.05. The third-order valence-electron chi connectivity index (χ3n) is 5.73. The quantitative estimate of drug-likeness (QED) is 0.490. The Kier molecular flexibility index (Phi) is 6.40. The summed E-state index contributed by atoms with van der Waals surface area (Å²) >= 11 is 12.0. The average molecular weight is 470 g/mol. The van der Waals surface area contributed by atoms with Gasteiger partial charge >= 0.3 is 12.1 Å². The summed E-state index contributed by atoms with van der Waals surface area (Å²) in [6.07, 6.45) is -0.650. The van der Waals surface area contributed by atoms with Crippen molar-refractivity contribution in [1.29, 1.82) is 0 Å². The zero-order valence-corrected chi connectivity index (χ0v) is 18.8. The molecule has 0 saturated carbocycles. The molecule has 1 N–H and O–H groups in total. The van der Waals surface area contributed by atoms with Crippen LogP contribution in [0.3, 0.4) is 0 Å². The van der Waals surface area contributed by atoms with Crippen LogP contribution in [0, 0.1) is 0 Å². The lowest BCUT2D eigenvalue weighted by Gasteiger charge is -2.25. The van der Waals surface area contributed by atoms with E-state index in [2.05, 4.69) is 12.1 Å². The van der Waals surface area contributed by atoms with Crippen molar-refractivity contribution in [3.05, 3.63) is 93.5 Å². The Bertz CT molecular complexity index is 1110. The van der Waals surface area contributed by atoms with Crippen LogP contribution in [0.4, 0.5) is 4.79 Å². The van der Waals surface area contributed by atoms with Crippen molar-refractivity contribution < 1.29 is 19.4 Å². The Labute approximate surface area is 196 Å². The second-order valence-corrected chi connectivity index (χ2v) is 8.62. The number of ether oxygens (including phenoxy) is 1. The van der Waals surface area contributed by atoms with Crippen molar-refractivity contribution in [2.75, 3.05) is 13.7 Å². The minimum Gasteiger partial charge on any atom is -0.480 e. The number of aliphatic carboxylic acids is 1. The number of benzene rings is 3. The minimum atomic E-state index is -1.14. The number of carbonyl (C=O) groups is 2. The molecule has 164 valence electrons. The molecule has 4 rings (SSSR count). The van der Waals surface area contributed by atoms with Gasteiger partial charge in [-0.15, -0.1) is 0 Å². The predicted octanol–water partition coefficient (Wildman–Crippen LogP) is 5.87. The van der Waals surface area contributed by atoms with Gasteiger partial charge in [-0.05, 0) is 46.0 Å². The van der Waals surface area contributed by atoms with Crippen LogP contribution in [-0.2, 0) is 16.0 Å². The summed E-state index contributed by atoms with van der Waals surface area (Å²) in [5, 5.41) is 10.5. The summed E-state index contributed by atoms with van der Waals surface area (Å²) in [6, 6.07) is 19.8. The maximum absolute atomic E-state index is 12.8. The van der Waals surface area contributed by atoms with E-state index in [-0.39, 0.29) is 18.9 Å². The topological polar surface area (TPSA) is 66.8 Å². The molecule has 0 spiro atoms. The highest BCUT2D eigenvalue weighted by atomic mass is 35.5. The van der Waals surface area contributed by atoms with E-state index in [0.717, 1.165) is 27.2 Å². The lowest BCUT2D eigenvalue weighted by Crippen LogP contribution is -2.44. The standard InChI is InChI=1S/C25H21Cl2NO4/c1-28(23(24(29)30)12-15-10-16(26)13-17(27)11-15)25(31)32-14-22-20-8-4-2-6-18(20)19-7-3-5-9-21(19)22/h2-11,13,22-23H,12,14H2,1H3,(H,29,30)/t23-/m0/s1. The van der Waals surface area contributed by atoms with Crippen LogP contribution in [0.15, 0.2) is 66.7 Å². The Hall–Kier alpha value is -3.02. The highest BCUT2D eigenvalue weighted by Crippen LogP contribution is 2.44. The number of fused-ring (bicyclic) bond motifs is 3. The zero-order chi connectivity index (χ0) is 22.8. The summed E-state index contributed by atoms with van der Waals surface area (Å²) in [6.45, 7) is 0.118. The van der Waals surface area contributed by atoms with E-state index in [0.29, 0.717) is 15.6 Å². The zero-order valence-electron chi connectivity index (χ0n) is 17.3. The van der Waals surface area contributed by atoms with Crippen molar-refractivity contribution in [1.82, 2.24) is 4.90 Å². The normalized spacial score (nSPS) is 13.2. The molecule has 1 atom stereocenters. The Morgan fingerprint density at radius 1 is 0.969 bits per heavy atom. The van der Waals surface area contributed by atoms with Crippen molar-refractivity contribution in [2.45, 2.75) is 18.4 Å². The van der Waals surface area contributed by atoms with Gasteiger partial charge in [0, 0.05) is 29.4 Å². The number of carboxylic acid groups (broad SMARTS) is 1. The fourth-order valence-electron chi connectivity index (χ4n) is 4.17. The molecule has 7 heteroatoms. The fourth-order valence-corrected chi connectivity index (χ4v) is 4.74. The summed E-state index contributed by atoms with van der Waals surface area (Å²) < 4.78 is 5.59. The molecule has 0 aliphatic heterocycles. The van der Waals surface area contributed by atoms with Crippen LogP contribution in [-0.4, -0.2) is 41.8 Å². The molecule has 0 radical (unpaired) electrons. The van der Waals surface area contributed by atoms with E-state index in [1.807, 2.05) is 36.4 Å². The first-order chi connectivity index (χ1) is 15.3. The van der Waals surface area contributed by atoms with Crippen LogP contribution in [0.1, 0.15) is 22.6 Å². The van der Waals surface area contributed by atoms with Gasteiger partial charge in [0.25, 0.3) is 0 Å². The minimum absolute atomic E-state index is 0.0519. The monoisotopic (exact) mass is 469 g/mol. The van der Waals surface area contributed by atoms with Crippen LogP contribution in [0.5, 0.6) is 0 Å². The highest BCUT2D eigenvalue weighted by Gasteiger charge is 2.32. The van der Waals surface area contributed by atoms with E-state index in [1.54, 1.807) is 18.2 Å². The molecule has 1 aliphatic rings. The van der Waals surface area contributed by atoms with E-state index < -0.39 is 18.1 Å².